The molecule has 0 aliphatic heterocycles. The van der Waals surface area contributed by atoms with Gasteiger partial charge in [-0.3, -0.25) is 24.2 Å². The molecule has 0 aliphatic rings. The molecule has 0 saturated carbocycles. The number of nitrogens with zero attached hydrogens (tertiary/aromatic N) is 1. The normalized spacial score (nSPS) is 13.3. The van der Waals surface area contributed by atoms with Crippen LogP contribution in [-0.4, -0.2) is 46.7 Å². The van der Waals surface area contributed by atoms with E-state index in [0.717, 1.165) is 22.8 Å². The molecule has 0 saturated heterocycles. The van der Waals surface area contributed by atoms with Gasteiger partial charge in [0.1, 0.15) is 5.78 Å². The number of fused-ring (bicyclic) bond motifs is 1. The average molecular weight is 563 g/mol. The number of rotatable bonds is 17. The third-order valence-electron chi connectivity index (χ3n) is 6.99. The van der Waals surface area contributed by atoms with Gasteiger partial charge in [-0.2, -0.15) is 12.6 Å². The van der Waals surface area contributed by atoms with E-state index in [1.807, 2.05) is 48.5 Å². The molecule has 2 unspecified atom stereocenters. The summed E-state index contributed by atoms with van der Waals surface area (Å²) in [5.41, 5.74) is 12.6. The molecule has 1 heterocycles. The van der Waals surface area contributed by atoms with Crippen molar-refractivity contribution in [2.45, 2.75) is 51.0 Å². The molecule has 0 bridgehead atoms. The molecule has 2 amide bonds. The molecule has 212 valence electrons. The van der Waals surface area contributed by atoms with Crippen molar-refractivity contribution in [1.82, 2.24) is 10.3 Å². The number of benzene rings is 2. The third kappa shape index (κ3) is 9.57. The largest absolute Gasteiger partial charge is 0.369 e. The van der Waals surface area contributed by atoms with Gasteiger partial charge in [-0.1, -0.05) is 55.0 Å². The summed E-state index contributed by atoms with van der Waals surface area (Å²) in [6.07, 6.45) is 3.84. The van der Waals surface area contributed by atoms with Gasteiger partial charge < -0.3 is 16.8 Å². The fourth-order valence-electron chi connectivity index (χ4n) is 4.73. The zero-order valence-corrected chi connectivity index (χ0v) is 23.5. The number of unbranched alkanes of at least 4 members (excludes halogenated alkanes) is 1. The maximum absolute atomic E-state index is 13.4. The van der Waals surface area contributed by atoms with Crippen LogP contribution in [0.3, 0.4) is 0 Å². The van der Waals surface area contributed by atoms with E-state index in [4.69, 9.17) is 11.5 Å². The molecule has 9 heteroatoms. The number of thiol groups is 1. The first-order chi connectivity index (χ1) is 19.3. The van der Waals surface area contributed by atoms with Crippen LogP contribution in [0.15, 0.2) is 66.9 Å². The summed E-state index contributed by atoms with van der Waals surface area (Å²) in [5, 5.41) is 4.91. The number of hydrogen-bond donors (Lipinski definition) is 4. The Kier molecular flexibility index (Phi) is 12.3. The van der Waals surface area contributed by atoms with Crippen LogP contribution in [0.2, 0.25) is 0 Å². The fraction of sp³-hybridized carbons (Fsp3) is 0.387. The van der Waals surface area contributed by atoms with E-state index < -0.39 is 29.7 Å². The number of hydrogen-bond acceptors (Lipinski definition) is 7. The maximum Gasteiger partial charge on any atom is 0.224 e. The van der Waals surface area contributed by atoms with Crippen LogP contribution in [0.5, 0.6) is 0 Å². The Hall–Kier alpha value is -3.56. The van der Waals surface area contributed by atoms with E-state index in [1.165, 1.54) is 0 Å². The summed E-state index contributed by atoms with van der Waals surface area (Å²) in [4.78, 5) is 55.8. The number of ketones is 2. The summed E-state index contributed by atoms with van der Waals surface area (Å²) in [7, 11) is 0. The zero-order valence-electron chi connectivity index (χ0n) is 22.6. The lowest BCUT2D eigenvalue weighted by Crippen LogP contribution is -2.46. The topological polar surface area (TPSA) is 145 Å². The second kappa shape index (κ2) is 15.9. The standard InChI is InChI=1S/C31H38N4O4S/c32-13-5-3-9-24(30(33)38)19-29(37)28(20-40)35-31(39)25(17-26-10-4-6-14-34-26)18-27(36)16-21-11-12-22-7-1-2-8-23(22)15-21/h1-2,4,6-8,10-12,14-15,24-25,28,40H,3,5,9,13,16-20,32H2,(H2,33,38)(H,35,39)/t24?,25?,28-/m0/s1. The summed E-state index contributed by atoms with van der Waals surface area (Å²) < 4.78 is 0. The Morgan fingerprint density at radius 1 is 0.900 bits per heavy atom. The Labute approximate surface area is 240 Å². The molecule has 0 spiro atoms. The zero-order chi connectivity index (χ0) is 28.9. The first kappa shape index (κ1) is 31.0. The predicted octanol–water partition coefficient (Wildman–Crippen LogP) is 3.20. The first-order valence-electron chi connectivity index (χ1n) is 13.6. The van der Waals surface area contributed by atoms with Gasteiger partial charge in [0.15, 0.2) is 5.78 Å². The second-order valence-electron chi connectivity index (χ2n) is 10.1. The number of Topliss-reactive ketones (excluding diaryl/α,β-unsaturated/α-hetero) is 2. The number of nitrogens with two attached hydrogens (primary N) is 2. The summed E-state index contributed by atoms with van der Waals surface area (Å²) in [5.74, 6) is -2.70. The molecule has 8 nitrogen and oxygen atoms in total. The van der Waals surface area contributed by atoms with Gasteiger partial charge in [-0.05, 0) is 47.9 Å². The van der Waals surface area contributed by atoms with Crippen LogP contribution in [0.1, 0.15) is 43.4 Å². The van der Waals surface area contributed by atoms with Crippen LogP contribution in [0, 0.1) is 11.8 Å². The summed E-state index contributed by atoms with van der Waals surface area (Å²) in [6, 6.07) is 18.3. The molecule has 5 N–H and O–H groups in total. The third-order valence-corrected chi connectivity index (χ3v) is 7.35. The lowest BCUT2D eigenvalue weighted by molar-refractivity contribution is -0.133. The van der Waals surface area contributed by atoms with Crippen molar-refractivity contribution in [3.05, 3.63) is 78.1 Å². The molecule has 0 fully saturated rings. The molecule has 0 radical (unpaired) electrons. The van der Waals surface area contributed by atoms with Crippen molar-refractivity contribution >= 4 is 46.8 Å². The van der Waals surface area contributed by atoms with Gasteiger partial charge in [0.05, 0.1) is 12.0 Å². The summed E-state index contributed by atoms with van der Waals surface area (Å²) >= 11 is 4.27. The van der Waals surface area contributed by atoms with E-state index in [9.17, 15) is 19.2 Å². The van der Waals surface area contributed by atoms with Gasteiger partial charge in [-0.15, -0.1) is 0 Å². The van der Waals surface area contributed by atoms with Crippen LogP contribution in [-0.2, 0) is 32.0 Å². The molecule has 3 rings (SSSR count). The van der Waals surface area contributed by atoms with Crippen molar-refractivity contribution in [3.63, 3.8) is 0 Å². The van der Waals surface area contributed by atoms with Crippen molar-refractivity contribution in [2.24, 2.45) is 23.3 Å². The van der Waals surface area contributed by atoms with Gasteiger partial charge in [0, 0.05) is 49.2 Å². The SMILES string of the molecule is NCCCCC(CC(=O)[C@H](CS)NC(=O)C(CC(=O)Cc1ccc2ccccc2c1)Cc1ccccn1)C(N)=O. The Morgan fingerprint density at radius 3 is 2.33 bits per heavy atom. The fourth-order valence-corrected chi connectivity index (χ4v) is 5.03. The number of carbonyl (C=O) groups excluding carboxylic acids is 4. The molecule has 0 aliphatic carbocycles. The summed E-state index contributed by atoms with van der Waals surface area (Å²) in [6.45, 7) is 0.492. The van der Waals surface area contributed by atoms with Crippen LogP contribution < -0.4 is 16.8 Å². The van der Waals surface area contributed by atoms with Gasteiger partial charge >= 0.3 is 0 Å². The van der Waals surface area contributed by atoms with Crippen molar-refractivity contribution in [3.8, 4) is 0 Å². The lowest BCUT2D eigenvalue weighted by Gasteiger charge is -2.22. The minimum atomic E-state index is -0.908. The van der Waals surface area contributed by atoms with Gasteiger partial charge in [-0.25, -0.2) is 0 Å². The molecule has 3 atom stereocenters. The molecular weight excluding hydrogens is 524 g/mol. The van der Waals surface area contributed by atoms with E-state index in [1.54, 1.807) is 18.3 Å². The van der Waals surface area contributed by atoms with E-state index in [0.29, 0.717) is 25.1 Å². The number of primary amides is 1. The van der Waals surface area contributed by atoms with Crippen molar-refractivity contribution < 1.29 is 19.2 Å². The Bertz CT molecular complexity index is 1300. The second-order valence-corrected chi connectivity index (χ2v) is 10.5. The van der Waals surface area contributed by atoms with E-state index in [-0.39, 0.29) is 43.0 Å². The minimum absolute atomic E-state index is 0.00822. The number of nitrogens with one attached hydrogen (secondary N) is 1. The monoisotopic (exact) mass is 562 g/mol. The highest BCUT2D eigenvalue weighted by molar-refractivity contribution is 7.80. The predicted molar refractivity (Wildman–Crippen MR) is 160 cm³/mol. The molecule has 1 aromatic heterocycles. The van der Waals surface area contributed by atoms with Gasteiger partial charge in [0.25, 0.3) is 0 Å². The number of aromatic nitrogens is 1. The number of pyridine rings is 1. The maximum atomic E-state index is 13.4. The minimum Gasteiger partial charge on any atom is -0.369 e. The number of amides is 2. The lowest BCUT2D eigenvalue weighted by atomic mass is 9.91. The smallest absolute Gasteiger partial charge is 0.224 e. The number of carbonyl (C=O) groups is 4. The Balaban J connectivity index is 1.69. The van der Waals surface area contributed by atoms with Crippen LogP contribution >= 0.6 is 12.6 Å². The average Bonchev–Trinajstić information content (AvgIpc) is 2.95. The van der Waals surface area contributed by atoms with E-state index in [2.05, 4.69) is 22.9 Å². The first-order valence-corrected chi connectivity index (χ1v) is 14.3. The quantitative estimate of drug-likeness (QED) is 0.147. The van der Waals surface area contributed by atoms with Crippen LogP contribution in [0.25, 0.3) is 10.8 Å². The van der Waals surface area contributed by atoms with Crippen molar-refractivity contribution in [1.29, 1.82) is 0 Å². The molecule has 3 aromatic rings. The molecular formula is C31H38N4O4S. The highest BCUT2D eigenvalue weighted by Crippen LogP contribution is 2.19. The highest BCUT2D eigenvalue weighted by atomic mass is 32.1. The van der Waals surface area contributed by atoms with E-state index >= 15 is 0 Å². The van der Waals surface area contributed by atoms with Crippen LogP contribution in [0.4, 0.5) is 0 Å². The Morgan fingerprint density at radius 2 is 1.65 bits per heavy atom. The molecule has 40 heavy (non-hydrogen) atoms. The van der Waals surface area contributed by atoms with Gasteiger partial charge in [0.2, 0.25) is 11.8 Å². The highest BCUT2D eigenvalue weighted by Gasteiger charge is 2.29. The van der Waals surface area contributed by atoms with Crippen molar-refractivity contribution in [2.75, 3.05) is 12.3 Å². The molecule has 2 aromatic carbocycles.